The number of benzene rings is 3. The molecule has 0 amide bonds. The molecular formula is C40H49ClFN5O. The van der Waals surface area contributed by atoms with Crippen molar-refractivity contribution in [2.45, 2.75) is 57.0 Å². The van der Waals surface area contributed by atoms with Gasteiger partial charge in [-0.25, -0.2) is 9.37 Å². The van der Waals surface area contributed by atoms with Crippen LogP contribution in [0.4, 0.5) is 16.0 Å². The molecule has 48 heavy (non-hydrogen) atoms. The molecule has 1 saturated carbocycles. The van der Waals surface area contributed by atoms with Gasteiger partial charge in [0.2, 0.25) is 11.8 Å². The first-order valence-electron chi connectivity index (χ1n) is 17.9. The third kappa shape index (κ3) is 7.44. The largest absolute Gasteiger partial charge is 0.423 e. The highest BCUT2D eigenvalue weighted by molar-refractivity contribution is 6.30. The Kier molecular flexibility index (Phi) is 10.4. The molecule has 2 saturated heterocycles. The van der Waals surface area contributed by atoms with E-state index in [1.807, 2.05) is 24.3 Å². The Morgan fingerprint density at radius 1 is 0.792 bits per heavy atom. The Bertz CT molecular complexity index is 1590. The number of nitrogens with zero attached hydrogens (tertiary/aromatic N) is 5. The Morgan fingerprint density at radius 2 is 1.44 bits per heavy atom. The molecule has 0 bridgehead atoms. The first kappa shape index (κ1) is 33.1. The summed E-state index contributed by atoms with van der Waals surface area (Å²) >= 11 is 6.26. The van der Waals surface area contributed by atoms with Crippen molar-refractivity contribution in [1.82, 2.24) is 14.8 Å². The van der Waals surface area contributed by atoms with E-state index in [1.54, 1.807) is 12.1 Å². The second-order valence-corrected chi connectivity index (χ2v) is 14.7. The molecule has 7 rings (SSSR count). The Balaban J connectivity index is 1.16. The molecule has 0 N–H and O–H groups in total. The second-order valence-electron chi connectivity index (χ2n) is 14.2. The summed E-state index contributed by atoms with van der Waals surface area (Å²) < 4.78 is 20.6. The Labute approximate surface area is 290 Å². The van der Waals surface area contributed by atoms with Crippen molar-refractivity contribution in [1.29, 1.82) is 0 Å². The first-order chi connectivity index (χ1) is 23.4. The molecule has 3 aliphatic rings. The van der Waals surface area contributed by atoms with Crippen LogP contribution in [0.25, 0.3) is 0 Å². The van der Waals surface area contributed by atoms with Crippen LogP contribution >= 0.6 is 11.6 Å². The fourth-order valence-corrected chi connectivity index (χ4v) is 8.68. The second kappa shape index (κ2) is 15.0. The SMILES string of the molecule is CN(C)C(c1ccc(Cl)cc1)C1CCC(C(c2nc(Cc3ccccc3)c(N3CCCC3)o2)N2CCN(c3ccc(F)cc3)CC2)CC1. The third-order valence-corrected chi connectivity index (χ3v) is 11.2. The number of oxazole rings is 1. The van der Waals surface area contributed by atoms with Crippen LogP contribution in [0.15, 0.2) is 83.3 Å². The molecule has 254 valence electrons. The highest BCUT2D eigenvalue weighted by Crippen LogP contribution is 2.46. The van der Waals surface area contributed by atoms with Gasteiger partial charge in [-0.3, -0.25) is 4.90 Å². The van der Waals surface area contributed by atoms with Crippen LogP contribution in [0.5, 0.6) is 0 Å². The predicted octanol–water partition coefficient (Wildman–Crippen LogP) is 8.63. The van der Waals surface area contributed by atoms with Gasteiger partial charge in [-0.05, 0) is 112 Å². The quantitative estimate of drug-likeness (QED) is 0.168. The maximum absolute atomic E-state index is 13.7. The monoisotopic (exact) mass is 669 g/mol. The van der Waals surface area contributed by atoms with Gasteiger partial charge in [0.05, 0.1) is 6.04 Å². The molecule has 1 aromatic heterocycles. The molecule has 3 fully saturated rings. The summed E-state index contributed by atoms with van der Waals surface area (Å²) in [5.74, 6) is 2.71. The Hall–Kier alpha value is -3.39. The normalized spacial score (nSPS) is 21.9. The molecular weight excluding hydrogens is 621 g/mol. The number of rotatable bonds is 10. The van der Waals surface area contributed by atoms with Crippen molar-refractivity contribution in [3.63, 3.8) is 0 Å². The number of piperazine rings is 1. The van der Waals surface area contributed by atoms with E-state index >= 15 is 0 Å². The average Bonchev–Trinajstić information content (AvgIpc) is 3.78. The van der Waals surface area contributed by atoms with Crippen LogP contribution in [0, 0.1) is 17.7 Å². The molecule has 2 atom stereocenters. The summed E-state index contributed by atoms with van der Waals surface area (Å²) in [6.07, 6.45) is 7.78. The summed E-state index contributed by atoms with van der Waals surface area (Å²) in [7, 11) is 4.41. The molecule has 3 aromatic carbocycles. The predicted molar refractivity (Wildman–Crippen MR) is 193 cm³/mol. The van der Waals surface area contributed by atoms with Gasteiger partial charge in [-0.15, -0.1) is 0 Å². The molecule has 2 aliphatic heterocycles. The topological polar surface area (TPSA) is 39.0 Å². The van der Waals surface area contributed by atoms with E-state index < -0.39 is 0 Å². The maximum Gasteiger partial charge on any atom is 0.219 e. The van der Waals surface area contributed by atoms with Crippen LogP contribution in [0.1, 0.15) is 73.3 Å². The van der Waals surface area contributed by atoms with Crippen molar-refractivity contribution in [3.05, 3.63) is 112 Å². The summed E-state index contributed by atoms with van der Waals surface area (Å²) in [6.45, 7) is 5.68. The lowest BCUT2D eigenvalue weighted by Crippen LogP contribution is -2.49. The minimum absolute atomic E-state index is 0.125. The van der Waals surface area contributed by atoms with Crippen molar-refractivity contribution < 1.29 is 8.81 Å². The summed E-state index contributed by atoms with van der Waals surface area (Å²) in [5.41, 5.74) is 4.76. The van der Waals surface area contributed by atoms with Crippen LogP contribution in [0.2, 0.25) is 5.02 Å². The summed E-state index contributed by atoms with van der Waals surface area (Å²) in [6, 6.07) is 26.5. The van der Waals surface area contributed by atoms with Gasteiger partial charge in [-0.1, -0.05) is 54.1 Å². The van der Waals surface area contributed by atoms with E-state index in [9.17, 15) is 4.39 Å². The van der Waals surface area contributed by atoms with E-state index in [-0.39, 0.29) is 11.9 Å². The van der Waals surface area contributed by atoms with Gasteiger partial charge < -0.3 is 19.1 Å². The Morgan fingerprint density at radius 3 is 2.08 bits per heavy atom. The van der Waals surface area contributed by atoms with Crippen molar-refractivity contribution in [3.8, 4) is 0 Å². The van der Waals surface area contributed by atoms with E-state index in [1.165, 1.54) is 36.8 Å². The molecule has 2 unspecified atom stereocenters. The van der Waals surface area contributed by atoms with Gasteiger partial charge >= 0.3 is 0 Å². The minimum Gasteiger partial charge on any atom is -0.423 e. The van der Waals surface area contributed by atoms with E-state index in [0.29, 0.717) is 17.9 Å². The summed E-state index contributed by atoms with van der Waals surface area (Å²) in [5, 5.41) is 0.785. The van der Waals surface area contributed by atoms with Crippen LogP contribution in [-0.2, 0) is 6.42 Å². The molecule has 0 spiro atoms. The van der Waals surface area contributed by atoms with E-state index in [2.05, 4.69) is 76.2 Å². The van der Waals surface area contributed by atoms with E-state index in [4.69, 9.17) is 21.0 Å². The van der Waals surface area contributed by atoms with Crippen molar-refractivity contribution in [2.24, 2.45) is 11.8 Å². The molecule has 8 heteroatoms. The van der Waals surface area contributed by atoms with Crippen LogP contribution in [0.3, 0.4) is 0 Å². The zero-order valence-electron chi connectivity index (χ0n) is 28.4. The van der Waals surface area contributed by atoms with Crippen molar-refractivity contribution in [2.75, 3.05) is 63.2 Å². The van der Waals surface area contributed by atoms with Gasteiger partial charge in [0.25, 0.3) is 0 Å². The molecule has 1 aliphatic carbocycles. The highest BCUT2D eigenvalue weighted by atomic mass is 35.5. The lowest BCUT2D eigenvalue weighted by atomic mass is 9.73. The van der Waals surface area contributed by atoms with Gasteiger partial charge in [0, 0.05) is 62.4 Å². The fraction of sp³-hybridized carbons (Fsp3) is 0.475. The smallest absolute Gasteiger partial charge is 0.219 e. The zero-order chi connectivity index (χ0) is 33.0. The third-order valence-electron chi connectivity index (χ3n) is 10.9. The average molecular weight is 670 g/mol. The molecule has 4 aromatic rings. The lowest BCUT2D eigenvalue weighted by Gasteiger charge is -2.44. The fourth-order valence-electron chi connectivity index (χ4n) is 8.55. The molecule has 3 heterocycles. The number of anilines is 2. The zero-order valence-corrected chi connectivity index (χ0v) is 29.2. The van der Waals surface area contributed by atoms with Gasteiger partial charge in [0.1, 0.15) is 11.5 Å². The number of aromatic nitrogens is 1. The standard InChI is InChI=1S/C40H49ClFN5O/c1-44(2)37(31-14-16-33(41)17-15-31)30-10-12-32(13-11-30)38(46-26-24-45(25-27-46)35-20-18-34(42)19-21-35)39-43-36(28-29-8-4-3-5-9-29)40(48-39)47-22-6-7-23-47/h3-5,8-9,14-21,30,32,37-38H,6-7,10-13,22-28H2,1-2H3. The minimum atomic E-state index is -0.190. The van der Waals surface area contributed by atoms with Gasteiger partial charge in [0.15, 0.2) is 0 Å². The number of hydrogen-bond donors (Lipinski definition) is 0. The van der Waals surface area contributed by atoms with Crippen LogP contribution < -0.4 is 9.80 Å². The lowest BCUT2D eigenvalue weighted by molar-refractivity contribution is 0.0641. The number of halogens is 2. The van der Waals surface area contributed by atoms with E-state index in [0.717, 1.165) is 86.7 Å². The number of hydrogen-bond acceptors (Lipinski definition) is 6. The molecule has 0 radical (unpaired) electrons. The van der Waals surface area contributed by atoms with Crippen molar-refractivity contribution >= 4 is 23.2 Å². The maximum atomic E-state index is 13.7. The van der Waals surface area contributed by atoms with Gasteiger partial charge in [-0.2, -0.15) is 0 Å². The van der Waals surface area contributed by atoms with Crippen LogP contribution in [-0.4, -0.2) is 68.1 Å². The summed E-state index contributed by atoms with van der Waals surface area (Å²) in [4.78, 5) is 15.2. The highest BCUT2D eigenvalue weighted by Gasteiger charge is 2.40. The first-order valence-corrected chi connectivity index (χ1v) is 18.3. The molecule has 6 nitrogen and oxygen atoms in total.